The number of alkyl halides is 3. The molecule has 0 bridgehead atoms. The van der Waals surface area contributed by atoms with Gasteiger partial charge in [0.25, 0.3) is 10.0 Å². The summed E-state index contributed by atoms with van der Waals surface area (Å²) in [6.07, 6.45) is -2.09. The Labute approximate surface area is 242 Å². The molecule has 4 rings (SSSR count). The van der Waals surface area contributed by atoms with Crippen molar-refractivity contribution in [2.24, 2.45) is 0 Å². The van der Waals surface area contributed by atoms with Crippen molar-refractivity contribution >= 4 is 65.1 Å². The summed E-state index contributed by atoms with van der Waals surface area (Å²) in [4.78, 5) is 17.8. The highest BCUT2D eigenvalue weighted by Gasteiger charge is 2.38. The molecule has 0 spiro atoms. The number of benzene rings is 1. The fourth-order valence-corrected chi connectivity index (χ4v) is 8.20. The number of anilines is 1. The van der Waals surface area contributed by atoms with Crippen LogP contribution in [-0.2, 0) is 31.2 Å². The number of carbonyl (C=O) groups is 1. The highest BCUT2D eigenvalue weighted by Crippen LogP contribution is 2.35. The third-order valence-electron chi connectivity index (χ3n) is 5.43. The van der Waals surface area contributed by atoms with Crippen LogP contribution in [0.15, 0.2) is 52.2 Å². The number of hydrogen-bond acceptors (Lipinski definition) is 9. The number of thiophene rings is 1. The van der Waals surface area contributed by atoms with Gasteiger partial charge in [0, 0.05) is 41.8 Å². The Bertz CT molecular complexity index is 1700. The standard InChI is InChI=1S/C22H26N4O4S4.C2HF3O2/c1-4-26(34(29,30)20-9-6-10-31-20)19-8-5-7-16-11-18(25-21(16)19)22-24-13-17(32-22)12-23-15(2)14-33(3,27)28;3-2(4,5)1(6)7/h5-11,13,15,23,25H,4,12,14H2,1-3H3;(H,6,7). The number of thiazole rings is 1. The molecule has 0 aliphatic heterocycles. The van der Waals surface area contributed by atoms with E-state index in [1.807, 2.05) is 32.0 Å². The molecule has 0 aliphatic carbocycles. The van der Waals surface area contributed by atoms with Crippen LogP contribution in [0.1, 0.15) is 18.7 Å². The Morgan fingerprint density at radius 2 is 1.88 bits per heavy atom. The van der Waals surface area contributed by atoms with Crippen LogP contribution in [0.4, 0.5) is 18.9 Å². The van der Waals surface area contributed by atoms with Crippen LogP contribution in [-0.4, -0.2) is 68.7 Å². The minimum atomic E-state index is -5.08. The number of halogens is 3. The van der Waals surface area contributed by atoms with E-state index in [0.29, 0.717) is 23.0 Å². The number of nitrogens with zero attached hydrogens (tertiary/aromatic N) is 2. The van der Waals surface area contributed by atoms with Crippen LogP contribution >= 0.6 is 22.7 Å². The van der Waals surface area contributed by atoms with Crippen LogP contribution < -0.4 is 9.62 Å². The number of H-pyrrole nitrogens is 1. The molecule has 224 valence electrons. The van der Waals surface area contributed by atoms with Gasteiger partial charge in [-0.15, -0.1) is 22.7 Å². The van der Waals surface area contributed by atoms with Gasteiger partial charge in [0.05, 0.1) is 22.7 Å². The van der Waals surface area contributed by atoms with E-state index in [1.54, 1.807) is 29.8 Å². The predicted octanol–water partition coefficient (Wildman–Crippen LogP) is 4.72. The monoisotopic (exact) mass is 652 g/mol. The van der Waals surface area contributed by atoms with Crippen molar-refractivity contribution in [3.8, 4) is 10.7 Å². The zero-order chi connectivity index (χ0) is 30.6. The van der Waals surface area contributed by atoms with E-state index in [-0.39, 0.29) is 11.8 Å². The van der Waals surface area contributed by atoms with Gasteiger partial charge < -0.3 is 15.4 Å². The number of sulfone groups is 1. The molecule has 1 unspecified atom stereocenters. The number of hydrogen-bond donors (Lipinski definition) is 3. The maximum atomic E-state index is 13.2. The average Bonchev–Trinajstić information content (AvgIpc) is 3.63. The molecule has 0 saturated heterocycles. The molecule has 4 aromatic rings. The van der Waals surface area contributed by atoms with E-state index in [2.05, 4.69) is 15.3 Å². The lowest BCUT2D eigenvalue weighted by Crippen LogP contribution is -2.31. The average molecular weight is 653 g/mol. The molecule has 0 aliphatic rings. The molecule has 0 saturated carbocycles. The lowest BCUT2D eigenvalue weighted by atomic mass is 10.2. The first-order chi connectivity index (χ1) is 19.0. The summed E-state index contributed by atoms with van der Waals surface area (Å²) in [5.41, 5.74) is 2.12. The molecule has 10 nitrogen and oxygen atoms in total. The van der Waals surface area contributed by atoms with Crippen LogP contribution in [0.25, 0.3) is 21.6 Å². The van der Waals surface area contributed by atoms with Crippen molar-refractivity contribution < 1.29 is 39.9 Å². The molecule has 0 radical (unpaired) electrons. The van der Waals surface area contributed by atoms with Crippen molar-refractivity contribution in [2.45, 2.75) is 36.8 Å². The number of aromatic nitrogens is 2. The van der Waals surface area contributed by atoms with Gasteiger partial charge in [0.15, 0.2) is 0 Å². The number of aliphatic carboxylic acids is 1. The third kappa shape index (κ3) is 8.51. The summed E-state index contributed by atoms with van der Waals surface area (Å²) < 4.78 is 82.8. The van der Waals surface area contributed by atoms with Gasteiger partial charge in [-0.2, -0.15) is 13.2 Å². The number of carboxylic acid groups (broad SMARTS) is 1. The van der Waals surface area contributed by atoms with Crippen molar-refractivity contribution in [3.63, 3.8) is 0 Å². The van der Waals surface area contributed by atoms with Crippen molar-refractivity contribution in [1.82, 2.24) is 15.3 Å². The fourth-order valence-electron chi connectivity index (χ4n) is 3.75. The van der Waals surface area contributed by atoms with E-state index in [0.717, 1.165) is 26.5 Å². The first-order valence-corrected chi connectivity index (χ1v) is 17.1. The van der Waals surface area contributed by atoms with Gasteiger partial charge in [-0.1, -0.05) is 18.2 Å². The van der Waals surface area contributed by atoms with E-state index in [1.165, 1.54) is 33.2 Å². The quantitative estimate of drug-likeness (QED) is 0.223. The van der Waals surface area contributed by atoms with Gasteiger partial charge in [0.1, 0.15) is 19.1 Å². The summed E-state index contributed by atoms with van der Waals surface area (Å²) >= 11 is 2.70. The second kappa shape index (κ2) is 12.9. The molecule has 1 atom stereocenters. The number of para-hydroxylation sites is 1. The van der Waals surface area contributed by atoms with Crippen LogP contribution in [0, 0.1) is 0 Å². The second-order valence-corrected chi connectivity index (χ2v) is 15.2. The minimum Gasteiger partial charge on any atom is -0.475 e. The number of sulfonamides is 1. The first-order valence-electron chi connectivity index (χ1n) is 11.9. The maximum absolute atomic E-state index is 13.2. The molecule has 3 aromatic heterocycles. The molecule has 17 heteroatoms. The van der Waals surface area contributed by atoms with Gasteiger partial charge in [-0.25, -0.2) is 26.6 Å². The molecule has 3 heterocycles. The molecular weight excluding hydrogens is 626 g/mol. The maximum Gasteiger partial charge on any atom is 0.490 e. The predicted molar refractivity (Wildman–Crippen MR) is 154 cm³/mol. The summed E-state index contributed by atoms with van der Waals surface area (Å²) in [7, 11) is -6.71. The van der Waals surface area contributed by atoms with Gasteiger partial charge in [0.2, 0.25) is 0 Å². The molecule has 0 amide bonds. The largest absolute Gasteiger partial charge is 0.490 e. The summed E-state index contributed by atoms with van der Waals surface area (Å²) in [6, 6.07) is 10.7. The number of rotatable bonds is 10. The Hall–Kier alpha value is -2.99. The summed E-state index contributed by atoms with van der Waals surface area (Å²) in [5.74, 6) is -2.68. The second-order valence-electron chi connectivity index (χ2n) is 8.84. The van der Waals surface area contributed by atoms with Crippen LogP contribution in [0.3, 0.4) is 0 Å². The highest BCUT2D eigenvalue weighted by molar-refractivity contribution is 7.94. The Morgan fingerprint density at radius 3 is 2.44 bits per heavy atom. The van der Waals surface area contributed by atoms with Crippen molar-refractivity contribution in [1.29, 1.82) is 0 Å². The SMILES string of the molecule is CCN(c1cccc2cc(-c3ncc(CNC(C)CS(C)(=O)=O)s3)[nH]c12)S(=O)(=O)c1cccs1.O=C(O)C(F)(F)F. The molecule has 0 fully saturated rings. The van der Waals surface area contributed by atoms with Crippen molar-refractivity contribution in [3.05, 3.63) is 52.9 Å². The number of nitrogens with one attached hydrogen (secondary N) is 2. The number of carboxylic acids is 1. The zero-order valence-electron chi connectivity index (χ0n) is 22.0. The summed E-state index contributed by atoms with van der Waals surface area (Å²) in [6.45, 7) is 4.47. The highest BCUT2D eigenvalue weighted by atomic mass is 32.2. The Morgan fingerprint density at radius 1 is 1.20 bits per heavy atom. The number of aromatic amines is 1. The zero-order valence-corrected chi connectivity index (χ0v) is 25.2. The van der Waals surface area contributed by atoms with E-state index in [4.69, 9.17) is 9.90 Å². The van der Waals surface area contributed by atoms with Gasteiger partial charge in [-0.3, -0.25) is 4.31 Å². The first kappa shape index (κ1) is 32.5. The van der Waals surface area contributed by atoms with E-state index in [9.17, 15) is 30.0 Å². The normalized spacial score (nSPS) is 13.0. The Kier molecular flexibility index (Phi) is 10.2. The fraction of sp³-hybridized carbons (Fsp3) is 0.333. The van der Waals surface area contributed by atoms with E-state index < -0.39 is 32.0 Å². The van der Waals surface area contributed by atoms with Crippen molar-refractivity contribution in [2.75, 3.05) is 22.9 Å². The lowest BCUT2D eigenvalue weighted by molar-refractivity contribution is -0.192. The number of fused-ring (bicyclic) bond motifs is 1. The summed E-state index contributed by atoms with van der Waals surface area (Å²) in [5, 5.41) is 13.8. The molecule has 41 heavy (non-hydrogen) atoms. The van der Waals surface area contributed by atoms with E-state index >= 15 is 0 Å². The minimum absolute atomic E-state index is 0.0752. The van der Waals surface area contributed by atoms with Gasteiger partial charge in [-0.05, 0) is 37.4 Å². The van der Waals surface area contributed by atoms with Crippen LogP contribution in [0.2, 0.25) is 0 Å². The topological polar surface area (TPSA) is 150 Å². The van der Waals surface area contributed by atoms with Crippen LogP contribution in [0.5, 0.6) is 0 Å². The smallest absolute Gasteiger partial charge is 0.475 e. The molecule has 3 N–H and O–H groups in total. The lowest BCUT2D eigenvalue weighted by Gasteiger charge is -2.22. The Balaban J connectivity index is 0.000000587. The third-order valence-corrected chi connectivity index (χ3v) is 10.8. The molecule has 1 aromatic carbocycles. The molecular formula is C24H27F3N4O6S4. The van der Waals surface area contributed by atoms with Gasteiger partial charge >= 0.3 is 12.1 Å².